The minimum atomic E-state index is -3.45. The number of piperidine rings is 1. The zero-order valence-electron chi connectivity index (χ0n) is 10.7. The van der Waals surface area contributed by atoms with Gasteiger partial charge in [-0.05, 0) is 30.9 Å². The molecular formula is C12H17NO4S2. The zero-order valence-corrected chi connectivity index (χ0v) is 12.3. The molecule has 7 heteroatoms. The molecule has 0 saturated carbocycles. The summed E-state index contributed by atoms with van der Waals surface area (Å²) in [5, 5.41) is 8.71. The van der Waals surface area contributed by atoms with Crippen molar-refractivity contribution in [3.63, 3.8) is 0 Å². The Kier molecular flexibility index (Phi) is 4.27. The lowest BCUT2D eigenvalue weighted by Gasteiger charge is -2.29. The smallest absolute Gasteiger partial charge is 0.308 e. The summed E-state index contributed by atoms with van der Waals surface area (Å²) in [6, 6.07) is 3.09. The number of rotatable bonds is 4. The molecule has 1 aromatic heterocycles. The van der Waals surface area contributed by atoms with Crippen LogP contribution in [0.2, 0.25) is 0 Å². The minimum absolute atomic E-state index is 0.128. The molecule has 1 atom stereocenters. The standard InChI is InChI=1S/C12H17NO4S2/c1-9-3-2-6-13(8-9)19(16,17)12-5-4-10(18-12)7-11(14)15/h4-5,9H,2-3,6-8H2,1H3,(H,14,15). The highest BCUT2D eigenvalue weighted by Gasteiger charge is 2.29. The van der Waals surface area contributed by atoms with Crippen LogP contribution in [0, 0.1) is 5.92 Å². The SMILES string of the molecule is CC1CCCN(S(=O)(=O)c2ccc(CC(=O)O)s2)C1. The molecule has 1 aliphatic rings. The minimum Gasteiger partial charge on any atom is -0.481 e. The van der Waals surface area contributed by atoms with Crippen LogP contribution in [-0.4, -0.2) is 36.9 Å². The lowest BCUT2D eigenvalue weighted by atomic mass is 10.0. The number of carboxylic acids is 1. The van der Waals surface area contributed by atoms with E-state index in [2.05, 4.69) is 0 Å². The number of nitrogens with zero attached hydrogens (tertiary/aromatic N) is 1. The average Bonchev–Trinajstić information content (AvgIpc) is 2.77. The van der Waals surface area contributed by atoms with Crippen LogP contribution in [0.15, 0.2) is 16.3 Å². The Hall–Kier alpha value is -0.920. The van der Waals surface area contributed by atoms with Gasteiger partial charge in [0.15, 0.2) is 0 Å². The molecule has 1 aliphatic heterocycles. The number of hydrogen-bond acceptors (Lipinski definition) is 4. The third-order valence-electron chi connectivity index (χ3n) is 3.18. The quantitative estimate of drug-likeness (QED) is 0.920. The van der Waals surface area contributed by atoms with Crippen molar-refractivity contribution in [1.29, 1.82) is 0 Å². The predicted octanol–water partition coefficient (Wildman–Crippen LogP) is 1.80. The maximum absolute atomic E-state index is 12.4. The lowest BCUT2D eigenvalue weighted by Crippen LogP contribution is -2.38. The molecule has 2 heterocycles. The lowest BCUT2D eigenvalue weighted by molar-refractivity contribution is -0.136. The average molecular weight is 303 g/mol. The largest absolute Gasteiger partial charge is 0.481 e. The summed E-state index contributed by atoms with van der Waals surface area (Å²) >= 11 is 1.05. The third kappa shape index (κ3) is 3.34. The molecule has 0 amide bonds. The van der Waals surface area contributed by atoms with Gasteiger partial charge in [0, 0.05) is 18.0 Å². The molecule has 1 aromatic rings. The second-order valence-electron chi connectivity index (χ2n) is 4.90. The Morgan fingerprint density at radius 3 is 2.89 bits per heavy atom. The molecule has 0 aliphatic carbocycles. The van der Waals surface area contributed by atoms with E-state index in [1.807, 2.05) is 6.92 Å². The molecule has 1 unspecified atom stereocenters. The van der Waals surface area contributed by atoms with Crippen molar-refractivity contribution >= 4 is 27.3 Å². The summed E-state index contributed by atoms with van der Waals surface area (Å²) in [7, 11) is -3.45. The van der Waals surface area contributed by atoms with Gasteiger partial charge in [-0.1, -0.05) is 6.92 Å². The van der Waals surface area contributed by atoms with E-state index in [9.17, 15) is 13.2 Å². The van der Waals surface area contributed by atoms with E-state index in [4.69, 9.17) is 5.11 Å². The van der Waals surface area contributed by atoms with Crippen molar-refractivity contribution in [2.24, 2.45) is 5.92 Å². The van der Waals surface area contributed by atoms with E-state index in [0.29, 0.717) is 23.9 Å². The number of carbonyl (C=O) groups is 1. The van der Waals surface area contributed by atoms with Gasteiger partial charge in [0.05, 0.1) is 6.42 Å². The van der Waals surface area contributed by atoms with Crippen LogP contribution in [0.25, 0.3) is 0 Å². The van der Waals surface area contributed by atoms with Gasteiger partial charge in [0.1, 0.15) is 4.21 Å². The molecule has 2 rings (SSSR count). The van der Waals surface area contributed by atoms with E-state index in [0.717, 1.165) is 24.2 Å². The Morgan fingerprint density at radius 1 is 1.53 bits per heavy atom. The third-order valence-corrected chi connectivity index (χ3v) is 6.59. The van der Waals surface area contributed by atoms with Gasteiger partial charge in [-0.2, -0.15) is 4.31 Å². The Balaban J connectivity index is 2.19. The molecule has 106 valence electrons. The maximum atomic E-state index is 12.4. The molecule has 0 aromatic carbocycles. The highest BCUT2D eigenvalue weighted by Crippen LogP contribution is 2.28. The molecule has 0 bridgehead atoms. The number of aliphatic carboxylic acids is 1. The monoisotopic (exact) mass is 303 g/mol. The first-order valence-corrected chi connectivity index (χ1v) is 8.46. The van der Waals surface area contributed by atoms with Gasteiger partial charge in [0.25, 0.3) is 10.0 Å². The summed E-state index contributed by atoms with van der Waals surface area (Å²) in [6.07, 6.45) is 1.81. The second kappa shape index (κ2) is 5.60. The van der Waals surface area contributed by atoms with E-state index in [-0.39, 0.29) is 10.6 Å². The van der Waals surface area contributed by atoms with Gasteiger partial charge in [-0.3, -0.25) is 4.79 Å². The normalized spacial score (nSPS) is 21.4. The number of carboxylic acid groups (broad SMARTS) is 1. The molecule has 5 nitrogen and oxygen atoms in total. The summed E-state index contributed by atoms with van der Waals surface area (Å²) in [5.41, 5.74) is 0. The first kappa shape index (κ1) is 14.5. The number of hydrogen-bond donors (Lipinski definition) is 1. The summed E-state index contributed by atoms with van der Waals surface area (Å²) in [5.74, 6) is -0.570. The molecule has 0 radical (unpaired) electrons. The number of sulfonamides is 1. The fourth-order valence-corrected chi connectivity index (χ4v) is 5.33. The van der Waals surface area contributed by atoms with Crippen LogP contribution in [-0.2, 0) is 21.2 Å². The van der Waals surface area contributed by atoms with Crippen molar-refractivity contribution in [2.75, 3.05) is 13.1 Å². The van der Waals surface area contributed by atoms with Crippen LogP contribution in [0.5, 0.6) is 0 Å². The van der Waals surface area contributed by atoms with Crippen molar-refractivity contribution < 1.29 is 18.3 Å². The van der Waals surface area contributed by atoms with E-state index in [1.165, 1.54) is 10.4 Å². The Morgan fingerprint density at radius 2 is 2.26 bits per heavy atom. The first-order valence-electron chi connectivity index (χ1n) is 6.20. The number of thiophene rings is 1. The summed E-state index contributed by atoms with van der Waals surface area (Å²) in [4.78, 5) is 11.2. The molecule has 0 spiro atoms. The van der Waals surface area contributed by atoms with Crippen LogP contribution < -0.4 is 0 Å². The predicted molar refractivity (Wildman–Crippen MR) is 72.8 cm³/mol. The van der Waals surface area contributed by atoms with E-state index < -0.39 is 16.0 Å². The molecule has 1 saturated heterocycles. The fraction of sp³-hybridized carbons (Fsp3) is 0.583. The summed E-state index contributed by atoms with van der Waals surface area (Å²) < 4.78 is 26.6. The zero-order chi connectivity index (χ0) is 14.0. The van der Waals surface area contributed by atoms with E-state index >= 15 is 0 Å². The van der Waals surface area contributed by atoms with Crippen molar-refractivity contribution in [2.45, 2.75) is 30.4 Å². The van der Waals surface area contributed by atoms with Crippen LogP contribution in [0.3, 0.4) is 0 Å². The van der Waals surface area contributed by atoms with Gasteiger partial charge in [0.2, 0.25) is 0 Å². The molecule has 1 N–H and O–H groups in total. The Bertz CT molecular complexity index is 564. The van der Waals surface area contributed by atoms with E-state index in [1.54, 1.807) is 6.07 Å². The summed E-state index contributed by atoms with van der Waals surface area (Å²) in [6.45, 7) is 3.15. The topological polar surface area (TPSA) is 74.7 Å². The highest BCUT2D eigenvalue weighted by molar-refractivity contribution is 7.91. The van der Waals surface area contributed by atoms with Gasteiger partial charge in [-0.15, -0.1) is 11.3 Å². The van der Waals surface area contributed by atoms with Gasteiger partial charge >= 0.3 is 5.97 Å². The first-order chi connectivity index (χ1) is 8.89. The van der Waals surface area contributed by atoms with Crippen LogP contribution >= 0.6 is 11.3 Å². The molecule has 19 heavy (non-hydrogen) atoms. The van der Waals surface area contributed by atoms with Crippen molar-refractivity contribution in [3.05, 3.63) is 17.0 Å². The van der Waals surface area contributed by atoms with Gasteiger partial charge in [-0.25, -0.2) is 8.42 Å². The fourth-order valence-electron chi connectivity index (χ4n) is 2.23. The molecular weight excluding hydrogens is 286 g/mol. The van der Waals surface area contributed by atoms with Crippen LogP contribution in [0.4, 0.5) is 0 Å². The van der Waals surface area contributed by atoms with Crippen molar-refractivity contribution in [1.82, 2.24) is 4.31 Å². The maximum Gasteiger partial charge on any atom is 0.308 e. The molecule has 1 fully saturated rings. The van der Waals surface area contributed by atoms with Crippen LogP contribution in [0.1, 0.15) is 24.6 Å². The Labute approximate surface area is 116 Å². The highest BCUT2D eigenvalue weighted by atomic mass is 32.2. The second-order valence-corrected chi connectivity index (χ2v) is 8.23. The van der Waals surface area contributed by atoms with Gasteiger partial charge < -0.3 is 5.11 Å². The van der Waals surface area contributed by atoms with Crippen molar-refractivity contribution in [3.8, 4) is 0 Å².